The van der Waals surface area contributed by atoms with E-state index in [2.05, 4.69) is 215 Å². The summed E-state index contributed by atoms with van der Waals surface area (Å²) >= 11 is 0. The minimum absolute atomic E-state index is 0.0547. The van der Waals surface area contributed by atoms with Crippen molar-refractivity contribution < 1.29 is 99.5 Å². The van der Waals surface area contributed by atoms with Gasteiger partial charge in [-0.2, -0.15) is 0 Å². The molecule has 7 rings (SSSR count). The van der Waals surface area contributed by atoms with E-state index in [0.717, 1.165) is 71.4 Å². The van der Waals surface area contributed by atoms with Gasteiger partial charge in [0.1, 0.15) is 0 Å². The molecule has 0 N–H and O–H groups in total. The van der Waals surface area contributed by atoms with Gasteiger partial charge in [0.15, 0.2) is 0 Å². The van der Waals surface area contributed by atoms with Crippen LogP contribution >= 0.6 is 0 Å². The topological polar surface area (TPSA) is 194 Å². The first kappa shape index (κ1) is 147. The Labute approximate surface area is 930 Å². The van der Waals surface area contributed by atoms with Crippen LogP contribution in [0.2, 0.25) is 0 Å². The van der Waals surface area contributed by atoms with Crippen LogP contribution in [0.4, 0.5) is 0 Å². The lowest BCUT2D eigenvalue weighted by atomic mass is 9.64. The highest BCUT2D eigenvalue weighted by molar-refractivity contribution is 5.02. The predicted molar refractivity (Wildman–Crippen MR) is 627 cm³/mol. The molecule has 7 saturated carbocycles. The number of ether oxygens (including phenoxy) is 21. The fraction of sp³-hybridized carbons (Fsp3) is 1.00. The van der Waals surface area contributed by atoms with E-state index in [4.69, 9.17) is 99.5 Å². The Kier molecular flexibility index (Phi) is 71.3. The Morgan fingerprint density at radius 3 is 0.547 bits per heavy atom. The van der Waals surface area contributed by atoms with Gasteiger partial charge in [-0.15, -0.1) is 0 Å². The SMILES string of the molecule is CCC(C)(C)C(COC)(COC)COC(C)(C)C1CCCC1.CCC(C)(C)C(COC)(COC)COC(C)(C)C1CCCCC1.CCC(C)(C)C(COC)(COC)COC1C(C(C)C)CCCC1C(C)C.CCC(C)(C)C(COC)(COC)COC1C(C)CCCC1C.CCC(C)(C)C(COC)(COC)COC1CCC1.CCC(C)(C)C(COC)(COC)COC1CCCC1.CCC(C)(C)C(COC)(COC)COC1CCCCC1. The summed E-state index contributed by atoms with van der Waals surface area (Å²) in [5.74, 6) is 5.30. The molecule has 7 aliphatic carbocycles. The average molecular weight is 2150 g/mol. The van der Waals surface area contributed by atoms with Crippen molar-refractivity contribution in [1.82, 2.24) is 0 Å². The van der Waals surface area contributed by atoms with Gasteiger partial charge in [0.05, 0.1) is 180 Å². The lowest BCUT2D eigenvalue weighted by molar-refractivity contribution is -0.164. The first-order valence-electron chi connectivity index (χ1n) is 60.7. The zero-order valence-electron chi connectivity index (χ0n) is 108. The van der Waals surface area contributed by atoms with Crippen LogP contribution in [0.1, 0.15) is 433 Å². The first-order chi connectivity index (χ1) is 70.5. The van der Waals surface area contributed by atoms with Crippen LogP contribution in [0, 0.1) is 123 Å². The van der Waals surface area contributed by atoms with Crippen molar-refractivity contribution in [3.05, 3.63) is 0 Å². The average Bonchev–Trinajstić information content (AvgIpc) is 1.89. The molecule has 0 bridgehead atoms. The molecule has 4 atom stereocenters. The first-order valence-corrected chi connectivity index (χ1v) is 60.7. The zero-order valence-corrected chi connectivity index (χ0v) is 108. The van der Waals surface area contributed by atoms with Crippen LogP contribution in [0.3, 0.4) is 0 Å². The third-order valence-electron chi connectivity index (χ3n) is 41.4. The lowest BCUT2D eigenvalue weighted by Gasteiger charge is -2.48. The Bertz CT molecular complexity index is 3200. The van der Waals surface area contributed by atoms with Crippen molar-refractivity contribution in [2.75, 3.05) is 238 Å². The molecule has 21 nitrogen and oxygen atoms in total. The highest BCUT2D eigenvalue weighted by atomic mass is 16.6. The van der Waals surface area contributed by atoms with Crippen LogP contribution in [-0.4, -0.2) is 280 Å². The summed E-state index contributed by atoms with van der Waals surface area (Å²) in [6, 6.07) is 0. The largest absolute Gasteiger partial charge is 0.384 e. The molecule has 7 fully saturated rings. The van der Waals surface area contributed by atoms with Crippen LogP contribution in [0.5, 0.6) is 0 Å². The van der Waals surface area contributed by atoms with Crippen molar-refractivity contribution >= 4 is 0 Å². The van der Waals surface area contributed by atoms with E-state index in [9.17, 15) is 0 Å². The molecule has 0 saturated heterocycles. The van der Waals surface area contributed by atoms with Crippen molar-refractivity contribution in [3.8, 4) is 0 Å². The van der Waals surface area contributed by atoms with E-state index >= 15 is 0 Å². The third kappa shape index (κ3) is 44.0. The highest BCUT2D eigenvalue weighted by Crippen LogP contribution is 2.53. The van der Waals surface area contributed by atoms with Gasteiger partial charge in [-0.05, 0) is 209 Å². The van der Waals surface area contributed by atoms with Crippen LogP contribution in [0.25, 0.3) is 0 Å². The van der Waals surface area contributed by atoms with E-state index in [1.165, 1.54) is 173 Å². The van der Waals surface area contributed by atoms with Crippen molar-refractivity contribution in [2.45, 2.75) is 475 Å². The number of rotatable bonds is 67. The summed E-state index contributed by atoms with van der Waals surface area (Å²) < 4.78 is 123. The quantitative estimate of drug-likeness (QED) is 0.0557. The maximum absolute atomic E-state index is 6.83. The van der Waals surface area contributed by atoms with Crippen molar-refractivity contribution in [1.29, 1.82) is 0 Å². The van der Waals surface area contributed by atoms with Gasteiger partial charge < -0.3 is 99.5 Å². The maximum atomic E-state index is 6.83. The van der Waals surface area contributed by atoms with Crippen LogP contribution in [0.15, 0.2) is 0 Å². The molecule has 0 heterocycles. The maximum Gasteiger partial charge on any atom is 0.0654 e. The molecule has 900 valence electrons. The molecular formula is C129H258O21. The lowest BCUT2D eigenvalue weighted by Crippen LogP contribution is -2.51. The van der Waals surface area contributed by atoms with Crippen LogP contribution in [-0.2, 0) is 99.5 Å². The second-order valence-electron chi connectivity index (χ2n) is 54.6. The van der Waals surface area contributed by atoms with Gasteiger partial charge in [0.2, 0.25) is 0 Å². The van der Waals surface area contributed by atoms with Gasteiger partial charge >= 0.3 is 0 Å². The van der Waals surface area contributed by atoms with Gasteiger partial charge in [-0.1, -0.05) is 309 Å². The van der Waals surface area contributed by atoms with Crippen LogP contribution < -0.4 is 0 Å². The van der Waals surface area contributed by atoms with Gasteiger partial charge in [0.25, 0.3) is 0 Å². The molecule has 0 aromatic heterocycles. The monoisotopic (exact) mass is 2140 g/mol. The smallest absolute Gasteiger partial charge is 0.0654 e. The zero-order chi connectivity index (χ0) is 114. The number of hydrogen-bond donors (Lipinski definition) is 0. The molecule has 7 aliphatic rings. The molecule has 4 unspecified atom stereocenters. The minimum Gasteiger partial charge on any atom is -0.384 e. The molecule has 0 amide bonds. The number of hydrogen-bond acceptors (Lipinski definition) is 21. The Balaban J connectivity index is 0.000000877. The van der Waals surface area contributed by atoms with E-state index < -0.39 is 0 Å². The Morgan fingerprint density at radius 2 is 0.353 bits per heavy atom. The van der Waals surface area contributed by atoms with E-state index in [0.29, 0.717) is 190 Å². The van der Waals surface area contributed by atoms with E-state index in [1.54, 1.807) is 99.5 Å². The van der Waals surface area contributed by atoms with Gasteiger partial charge in [-0.25, -0.2) is 0 Å². The third-order valence-corrected chi connectivity index (χ3v) is 41.4. The van der Waals surface area contributed by atoms with Gasteiger partial charge in [-0.3, -0.25) is 0 Å². The fourth-order valence-corrected chi connectivity index (χ4v) is 24.8. The molecule has 150 heavy (non-hydrogen) atoms. The minimum atomic E-state index is -0.119. The Morgan fingerprint density at radius 1 is 0.187 bits per heavy atom. The fourth-order valence-electron chi connectivity index (χ4n) is 24.8. The summed E-state index contributed by atoms with van der Waals surface area (Å²) in [5, 5.41) is 0. The van der Waals surface area contributed by atoms with Crippen molar-refractivity contribution in [3.63, 3.8) is 0 Å². The summed E-state index contributed by atoms with van der Waals surface area (Å²) in [4.78, 5) is 0. The van der Waals surface area contributed by atoms with Gasteiger partial charge in [0, 0.05) is 137 Å². The summed E-state index contributed by atoms with van der Waals surface area (Å²) in [7, 11) is 24.9. The highest BCUT2D eigenvalue weighted by Gasteiger charge is 2.54. The molecule has 0 spiro atoms. The second kappa shape index (κ2) is 72.6. The van der Waals surface area contributed by atoms with E-state index in [1.807, 2.05) is 0 Å². The molecule has 0 aromatic rings. The Hall–Kier alpha value is -0.840. The second-order valence-corrected chi connectivity index (χ2v) is 54.6. The summed E-state index contributed by atoms with van der Waals surface area (Å²) in [5.41, 5.74) is 0.0582. The molecule has 21 heteroatoms. The molecule has 0 aliphatic heterocycles. The molecular weight excluding hydrogens is 1890 g/mol. The van der Waals surface area contributed by atoms with E-state index in [-0.39, 0.29) is 87.0 Å². The van der Waals surface area contributed by atoms with Crippen molar-refractivity contribution in [2.24, 2.45) is 123 Å². The molecule has 0 aromatic carbocycles. The summed E-state index contributed by atoms with van der Waals surface area (Å²) in [6.45, 7) is 85.6. The predicted octanol–water partition coefficient (Wildman–Crippen LogP) is 31.1. The molecule has 0 radical (unpaired) electrons. The standard InChI is InChI=1S/C23H46O3.C20H40O3.2C19H38O3.C17H34O3.C16H32O3.C15H30O3/c1-10-22(6,7)23(14-24-8,15-25-9)16-26-21-19(17(2)3)12-11-13-20(21)18(4)5;1-8-18(2,3)20(14-21-6,15-22-7)16-23-19(4,5)17-12-10-9-11-13-17;1-8-18(4,5)19(12-20-6,13-21-7)14-22-17-15(2)10-9-11-16(17)3;1-8-17(2,3)19(13-20-6,14-21-7)15-22-18(4,5)16-11-9-10-12-16;1-6-16(2,3)17(12-18-4,13-19-5)14-20-15-10-8-7-9-11-15;1-6-15(2,3)16(11-17-4,12-18-5)13-19-14-9-7-8-10-14;1-6-14(2,3)15(10-16-4,11-17-5)12-18-13-8-7-9-13/h17-21H,10-16H2,1-9H3;17H,8-16H2,1-7H3;15-17H,8-14H2,1-7H3;16H,8-15H2,1-7H3;15H,6-14H2,1-5H3;14H,6-13H2,1-5H3;13H,6-12H2,1-5H3. The number of methoxy groups -OCH3 is 14. The summed E-state index contributed by atoms with van der Waals surface area (Å²) in [6.07, 6.45) is 44.6. The normalized spacial score (nSPS) is 20.7.